The van der Waals surface area contributed by atoms with Gasteiger partial charge < -0.3 is 21.5 Å². The third-order valence-corrected chi connectivity index (χ3v) is 7.06. The van der Waals surface area contributed by atoms with E-state index in [9.17, 15) is 24.2 Å². The Balaban J connectivity index is 2.63. The molecule has 1 aliphatic carbocycles. The fourth-order valence-corrected chi connectivity index (χ4v) is 5.04. The molecule has 0 aliphatic heterocycles. The van der Waals surface area contributed by atoms with Crippen molar-refractivity contribution in [1.29, 1.82) is 0 Å². The van der Waals surface area contributed by atoms with E-state index in [-0.39, 0.29) is 42.5 Å². The smallest absolute Gasteiger partial charge is 0.391 e. The molecule has 9 heteroatoms. The maximum absolute atomic E-state index is 12.6. The number of carbonyl (C=O) groups is 2. The molecule has 5 atom stereocenters. The Kier molecular flexibility index (Phi) is 12.0. The van der Waals surface area contributed by atoms with Gasteiger partial charge in [0.05, 0.1) is 12.1 Å². The van der Waals surface area contributed by atoms with Crippen molar-refractivity contribution >= 4 is 19.8 Å². The number of hydrogen-bond acceptors (Lipinski definition) is 5. The summed E-state index contributed by atoms with van der Waals surface area (Å²) in [5.74, 6) is -0.485. The number of nitrogens with one attached hydrogen (secondary N) is 2. The lowest BCUT2D eigenvalue weighted by Crippen LogP contribution is -2.54. The standard InChI is InChI=1S/C21H40N3O5P/c1-13(2)10-17(24-21(27)19(22)14(3)4)20(26)23-12-16(25)11-18(30(28)29)15-8-6-5-7-9-15/h13-19,25H,5-12,22H2,1-4H3,(H2-,23,24,26,27,28,29)/p+1/t16-,17+,18?,19+/m1/s1. The average molecular weight is 447 g/mol. The number of aliphatic hydroxyl groups is 1. The monoisotopic (exact) mass is 446 g/mol. The fourth-order valence-electron chi connectivity index (χ4n) is 3.96. The lowest BCUT2D eigenvalue weighted by molar-refractivity contribution is -0.130. The molecular weight excluding hydrogens is 405 g/mol. The summed E-state index contributed by atoms with van der Waals surface area (Å²) in [6, 6.07) is -1.44. The zero-order valence-corrected chi connectivity index (χ0v) is 19.7. The molecule has 0 aromatic heterocycles. The van der Waals surface area contributed by atoms with Gasteiger partial charge in [0.25, 0.3) is 0 Å². The van der Waals surface area contributed by atoms with E-state index in [1.165, 1.54) is 0 Å². The van der Waals surface area contributed by atoms with Crippen LogP contribution in [0.5, 0.6) is 0 Å². The van der Waals surface area contributed by atoms with Crippen LogP contribution < -0.4 is 16.4 Å². The molecule has 0 spiro atoms. The Labute approximate surface area is 181 Å². The summed E-state index contributed by atoms with van der Waals surface area (Å²) < 4.78 is 11.8. The molecule has 174 valence electrons. The molecular formula is C21H41N3O5P+. The Hall–Kier alpha value is -1.08. The van der Waals surface area contributed by atoms with E-state index in [0.29, 0.717) is 6.42 Å². The summed E-state index contributed by atoms with van der Waals surface area (Å²) in [7, 11) is -2.39. The quantitative estimate of drug-likeness (QED) is 0.291. The summed E-state index contributed by atoms with van der Waals surface area (Å²) in [6.45, 7) is 7.57. The highest BCUT2D eigenvalue weighted by Crippen LogP contribution is 2.40. The van der Waals surface area contributed by atoms with Crippen LogP contribution in [0.2, 0.25) is 0 Å². The minimum Gasteiger partial charge on any atom is -0.391 e. The molecule has 1 rings (SSSR count). The van der Waals surface area contributed by atoms with Crippen LogP contribution in [0.15, 0.2) is 0 Å². The minimum atomic E-state index is -2.39. The topological polar surface area (TPSA) is 142 Å². The number of aliphatic hydroxyl groups excluding tert-OH is 1. The lowest BCUT2D eigenvalue weighted by Gasteiger charge is -2.25. The first-order valence-corrected chi connectivity index (χ1v) is 12.5. The van der Waals surface area contributed by atoms with Gasteiger partial charge in [-0.1, -0.05) is 47.0 Å². The Morgan fingerprint density at radius 2 is 1.67 bits per heavy atom. The van der Waals surface area contributed by atoms with E-state index in [4.69, 9.17) is 5.73 Å². The van der Waals surface area contributed by atoms with Crippen molar-refractivity contribution in [2.24, 2.45) is 23.5 Å². The molecule has 0 bridgehead atoms. The van der Waals surface area contributed by atoms with E-state index in [1.807, 2.05) is 27.7 Å². The summed E-state index contributed by atoms with van der Waals surface area (Å²) in [6.07, 6.45) is 4.77. The van der Waals surface area contributed by atoms with Gasteiger partial charge in [0.2, 0.25) is 11.8 Å². The van der Waals surface area contributed by atoms with Crippen molar-refractivity contribution < 1.29 is 24.2 Å². The van der Waals surface area contributed by atoms with Crippen molar-refractivity contribution in [3.8, 4) is 0 Å². The number of hydrogen-bond donors (Lipinski definition) is 5. The van der Waals surface area contributed by atoms with Gasteiger partial charge in [0, 0.05) is 18.9 Å². The molecule has 1 fully saturated rings. The van der Waals surface area contributed by atoms with Crippen LogP contribution in [0.3, 0.4) is 0 Å². The summed E-state index contributed by atoms with van der Waals surface area (Å²) >= 11 is 0. The summed E-state index contributed by atoms with van der Waals surface area (Å²) in [5.41, 5.74) is 5.42. The van der Waals surface area contributed by atoms with E-state index >= 15 is 0 Å². The highest BCUT2D eigenvalue weighted by atomic mass is 31.1. The first-order valence-electron chi connectivity index (χ1n) is 11.2. The molecule has 0 heterocycles. The normalized spacial score (nSPS) is 19.8. The third-order valence-electron chi connectivity index (χ3n) is 5.86. The van der Waals surface area contributed by atoms with E-state index in [2.05, 4.69) is 10.6 Å². The molecule has 6 N–H and O–H groups in total. The lowest BCUT2D eigenvalue weighted by atomic mass is 9.85. The fraction of sp³-hybridized carbons (Fsp3) is 0.905. The maximum atomic E-state index is 12.6. The van der Waals surface area contributed by atoms with Crippen LogP contribution in [0.1, 0.15) is 72.6 Å². The average Bonchev–Trinajstić information content (AvgIpc) is 2.68. The molecule has 8 nitrogen and oxygen atoms in total. The molecule has 0 radical (unpaired) electrons. The second kappa shape index (κ2) is 13.4. The molecule has 0 aromatic carbocycles. The van der Waals surface area contributed by atoms with Crippen molar-refractivity contribution in [2.75, 3.05) is 6.54 Å². The molecule has 0 saturated heterocycles. The van der Waals surface area contributed by atoms with Crippen LogP contribution in [0, 0.1) is 17.8 Å². The Bertz CT molecular complexity index is 567. The molecule has 2 unspecified atom stereocenters. The minimum absolute atomic E-state index is 0.0219. The summed E-state index contributed by atoms with van der Waals surface area (Å²) in [5, 5.41) is 15.8. The zero-order valence-electron chi connectivity index (χ0n) is 18.8. The van der Waals surface area contributed by atoms with Gasteiger partial charge in [0.15, 0.2) is 5.66 Å². The van der Waals surface area contributed by atoms with Gasteiger partial charge in [-0.05, 0) is 35.7 Å². The molecule has 30 heavy (non-hydrogen) atoms. The van der Waals surface area contributed by atoms with E-state index in [0.717, 1.165) is 32.1 Å². The van der Waals surface area contributed by atoms with Crippen LogP contribution >= 0.6 is 8.03 Å². The van der Waals surface area contributed by atoms with Crippen LogP contribution in [0.25, 0.3) is 0 Å². The van der Waals surface area contributed by atoms with Gasteiger partial charge in [-0.15, -0.1) is 0 Å². The van der Waals surface area contributed by atoms with Crippen LogP contribution in [-0.2, 0) is 14.2 Å². The SMILES string of the molecule is CC(C)C[C@H](NC(=O)[C@@H](N)C(C)C)C(=O)NC[C@H](O)CC(C1CCCCC1)[P+](=O)O. The second-order valence-electron chi connectivity index (χ2n) is 9.36. The van der Waals surface area contributed by atoms with Gasteiger partial charge in [-0.25, -0.2) is 0 Å². The van der Waals surface area contributed by atoms with E-state index < -0.39 is 31.9 Å². The molecule has 1 saturated carbocycles. The highest BCUT2D eigenvalue weighted by Gasteiger charge is 2.39. The van der Waals surface area contributed by atoms with Crippen molar-refractivity contribution in [3.05, 3.63) is 0 Å². The van der Waals surface area contributed by atoms with Crippen molar-refractivity contribution in [3.63, 3.8) is 0 Å². The van der Waals surface area contributed by atoms with Gasteiger partial charge in [-0.2, -0.15) is 4.89 Å². The second-order valence-corrected chi connectivity index (χ2v) is 10.6. The molecule has 0 aromatic rings. The Morgan fingerprint density at radius 3 is 2.17 bits per heavy atom. The predicted octanol–water partition coefficient (Wildman–Crippen LogP) is 2.05. The van der Waals surface area contributed by atoms with Crippen molar-refractivity contribution in [2.45, 2.75) is 96.5 Å². The molecule has 1 aliphatic rings. The first-order chi connectivity index (χ1) is 14.0. The predicted molar refractivity (Wildman–Crippen MR) is 118 cm³/mol. The van der Waals surface area contributed by atoms with Crippen molar-refractivity contribution in [1.82, 2.24) is 10.6 Å². The van der Waals surface area contributed by atoms with Crippen LogP contribution in [0.4, 0.5) is 0 Å². The van der Waals surface area contributed by atoms with Gasteiger partial charge >= 0.3 is 8.03 Å². The summed E-state index contributed by atoms with van der Waals surface area (Å²) in [4.78, 5) is 34.7. The third kappa shape index (κ3) is 9.38. The number of carbonyl (C=O) groups excluding carboxylic acids is 2. The van der Waals surface area contributed by atoms with E-state index in [1.54, 1.807) is 0 Å². The van der Waals surface area contributed by atoms with Gasteiger partial charge in [-0.3, -0.25) is 9.59 Å². The number of amides is 2. The van der Waals surface area contributed by atoms with Crippen LogP contribution in [-0.4, -0.2) is 52.2 Å². The highest BCUT2D eigenvalue weighted by molar-refractivity contribution is 7.38. The number of nitrogens with two attached hydrogens (primary N) is 1. The number of rotatable bonds is 12. The largest absolute Gasteiger partial charge is 0.509 e. The van der Waals surface area contributed by atoms with Gasteiger partial charge in [0.1, 0.15) is 6.04 Å². The Morgan fingerprint density at radius 1 is 1.07 bits per heavy atom. The maximum Gasteiger partial charge on any atom is 0.509 e. The zero-order chi connectivity index (χ0) is 22.8. The molecule has 2 amide bonds. The first kappa shape index (κ1) is 27.0.